The Hall–Kier alpha value is -2.74. The van der Waals surface area contributed by atoms with E-state index in [0.29, 0.717) is 42.9 Å². The fourth-order valence-corrected chi connectivity index (χ4v) is 5.25. The van der Waals surface area contributed by atoms with Crippen LogP contribution in [0.2, 0.25) is 0 Å². The third kappa shape index (κ3) is 6.69. The van der Waals surface area contributed by atoms with Crippen molar-refractivity contribution in [2.24, 2.45) is 11.8 Å². The number of benzene rings is 1. The summed E-state index contributed by atoms with van der Waals surface area (Å²) in [5, 5.41) is 9.61. The van der Waals surface area contributed by atoms with Crippen LogP contribution in [-0.4, -0.2) is 54.6 Å². The highest BCUT2D eigenvalue weighted by molar-refractivity contribution is 7.98. The topological polar surface area (TPSA) is 89.0 Å². The maximum Gasteiger partial charge on any atom is 0.337 e. The van der Waals surface area contributed by atoms with Gasteiger partial charge in [-0.3, -0.25) is 4.79 Å². The maximum atomic E-state index is 12.1. The zero-order valence-electron chi connectivity index (χ0n) is 20.4. The number of anilines is 1. The van der Waals surface area contributed by atoms with Gasteiger partial charge in [-0.15, -0.1) is 11.8 Å². The molecule has 0 radical (unpaired) electrons. The molecule has 2 aliphatic rings. The first-order valence-electron chi connectivity index (χ1n) is 12.4. The molecule has 1 saturated carbocycles. The summed E-state index contributed by atoms with van der Waals surface area (Å²) in [4.78, 5) is 31.4. The number of ether oxygens (including phenoxy) is 2. The van der Waals surface area contributed by atoms with Crippen molar-refractivity contribution < 1.29 is 24.2 Å². The van der Waals surface area contributed by atoms with Gasteiger partial charge in [0.2, 0.25) is 5.88 Å². The zero-order chi connectivity index (χ0) is 24.8. The molecule has 4 rings (SSSR count). The van der Waals surface area contributed by atoms with Gasteiger partial charge in [-0.05, 0) is 86.4 Å². The number of rotatable bonds is 11. The molecule has 188 valence electrons. The lowest BCUT2D eigenvalue weighted by Crippen LogP contribution is -2.36. The first-order valence-corrected chi connectivity index (χ1v) is 13.6. The standard InChI is InChI=1S/C27H34N2O5S/c1-3-33-26(30)16-23(19-4-5-19)20-8-11-28-25(14-20)34-17-18-9-12-29(13-10-18)24-15-21(35-2)6-7-22(24)27(31)32/h6-8,11,14-15,18-19,23H,3-5,9-10,12-13,16-17H2,1-2H3,(H,31,32). The lowest BCUT2D eigenvalue weighted by Gasteiger charge is -2.34. The molecular weight excluding hydrogens is 464 g/mol. The largest absolute Gasteiger partial charge is 0.478 e. The van der Waals surface area contributed by atoms with Crippen molar-refractivity contribution in [3.63, 3.8) is 0 Å². The van der Waals surface area contributed by atoms with Gasteiger partial charge in [-0.2, -0.15) is 0 Å². The van der Waals surface area contributed by atoms with Crippen LogP contribution in [0.25, 0.3) is 0 Å². The van der Waals surface area contributed by atoms with Gasteiger partial charge in [0.15, 0.2) is 0 Å². The van der Waals surface area contributed by atoms with E-state index >= 15 is 0 Å². The quantitative estimate of drug-likeness (QED) is 0.332. The number of esters is 1. The van der Waals surface area contributed by atoms with Gasteiger partial charge in [-0.1, -0.05) is 0 Å². The van der Waals surface area contributed by atoms with Crippen molar-refractivity contribution in [3.8, 4) is 5.88 Å². The number of carbonyl (C=O) groups excluding carboxylic acids is 1. The molecule has 1 aliphatic carbocycles. The van der Waals surface area contributed by atoms with E-state index in [1.807, 2.05) is 37.4 Å². The van der Waals surface area contributed by atoms with E-state index in [2.05, 4.69) is 9.88 Å². The average molecular weight is 499 g/mol. The molecule has 1 N–H and O–H groups in total. The van der Waals surface area contributed by atoms with Crippen LogP contribution in [0, 0.1) is 11.8 Å². The monoisotopic (exact) mass is 498 g/mol. The van der Waals surface area contributed by atoms with Crippen molar-refractivity contribution >= 4 is 29.4 Å². The number of aromatic nitrogens is 1. The first-order chi connectivity index (χ1) is 17.0. The third-order valence-electron chi connectivity index (χ3n) is 6.93. The summed E-state index contributed by atoms with van der Waals surface area (Å²) in [7, 11) is 0. The van der Waals surface area contributed by atoms with E-state index < -0.39 is 5.97 Å². The molecular formula is C27H34N2O5S. The molecule has 1 saturated heterocycles. The summed E-state index contributed by atoms with van der Waals surface area (Å²) < 4.78 is 11.3. The van der Waals surface area contributed by atoms with Crippen molar-refractivity contribution in [1.82, 2.24) is 4.98 Å². The molecule has 1 unspecified atom stereocenters. The summed E-state index contributed by atoms with van der Waals surface area (Å²) in [5.41, 5.74) is 2.24. The number of hydrogen-bond donors (Lipinski definition) is 1. The van der Waals surface area contributed by atoms with Gasteiger partial charge in [0.25, 0.3) is 0 Å². The van der Waals surface area contributed by atoms with E-state index in [1.165, 1.54) is 0 Å². The van der Waals surface area contributed by atoms with Crippen LogP contribution in [0.5, 0.6) is 5.88 Å². The lowest BCUT2D eigenvalue weighted by molar-refractivity contribution is -0.143. The molecule has 35 heavy (non-hydrogen) atoms. The molecule has 1 atom stereocenters. The average Bonchev–Trinajstić information content (AvgIpc) is 3.71. The van der Waals surface area contributed by atoms with Crippen LogP contribution in [0.3, 0.4) is 0 Å². The Kier molecular flexibility index (Phi) is 8.55. The van der Waals surface area contributed by atoms with Crippen LogP contribution in [-0.2, 0) is 9.53 Å². The van der Waals surface area contributed by atoms with Crippen LogP contribution < -0.4 is 9.64 Å². The number of thioether (sulfide) groups is 1. The number of nitrogens with zero attached hydrogens (tertiary/aromatic N) is 2. The lowest BCUT2D eigenvalue weighted by atomic mass is 9.92. The van der Waals surface area contributed by atoms with E-state index in [9.17, 15) is 14.7 Å². The maximum absolute atomic E-state index is 12.1. The molecule has 0 amide bonds. The Balaban J connectivity index is 1.33. The summed E-state index contributed by atoms with van der Waals surface area (Å²) in [6.45, 7) is 4.40. The first kappa shape index (κ1) is 25.4. The Bertz CT molecular complexity index is 1030. The Morgan fingerprint density at radius 3 is 2.60 bits per heavy atom. The van der Waals surface area contributed by atoms with Crippen LogP contribution in [0.15, 0.2) is 41.4 Å². The van der Waals surface area contributed by atoms with Gasteiger partial charge in [0, 0.05) is 30.2 Å². The predicted molar refractivity (Wildman–Crippen MR) is 137 cm³/mol. The van der Waals surface area contributed by atoms with E-state index in [-0.39, 0.29) is 11.9 Å². The molecule has 2 heterocycles. The highest BCUT2D eigenvalue weighted by Gasteiger charge is 2.34. The number of carboxylic acid groups (broad SMARTS) is 1. The summed E-state index contributed by atoms with van der Waals surface area (Å²) in [6, 6.07) is 9.50. The van der Waals surface area contributed by atoms with Crippen LogP contribution >= 0.6 is 11.8 Å². The van der Waals surface area contributed by atoms with Crippen molar-refractivity contribution in [2.75, 3.05) is 37.5 Å². The van der Waals surface area contributed by atoms with Crippen LogP contribution in [0.4, 0.5) is 5.69 Å². The molecule has 2 aromatic rings. The van der Waals surface area contributed by atoms with Crippen molar-refractivity contribution in [3.05, 3.63) is 47.7 Å². The second kappa shape index (κ2) is 11.8. The van der Waals surface area contributed by atoms with Crippen molar-refractivity contribution in [1.29, 1.82) is 0 Å². The minimum Gasteiger partial charge on any atom is -0.478 e. The molecule has 1 aliphatic heterocycles. The Morgan fingerprint density at radius 2 is 1.94 bits per heavy atom. The number of carbonyl (C=O) groups is 2. The number of aromatic carboxylic acids is 1. The molecule has 1 aromatic carbocycles. The van der Waals surface area contributed by atoms with Gasteiger partial charge in [0.1, 0.15) is 0 Å². The molecule has 7 nitrogen and oxygen atoms in total. The second-order valence-electron chi connectivity index (χ2n) is 9.31. The highest BCUT2D eigenvalue weighted by Crippen LogP contribution is 2.45. The Labute approximate surface area is 211 Å². The molecule has 2 fully saturated rings. The zero-order valence-corrected chi connectivity index (χ0v) is 21.3. The van der Waals surface area contributed by atoms with E-state index in [0.717, 1.165) is 54.9 Å². The number of hydrogen-bond acceptors (Lipinski definition) is 7. The SMILES string of the molecule is CCOC(=O)CC(c1ccnc(OCC2CCN(c3cc(SC)ccc3C(=O)O)CC2)c1)C1CC1. The predicted octanol–water partition coefficient (Wildman–Crippen LogP) is 5.24. The van der Waals surface area contributed by atoms with E-state index in [4.69, 9.17) is 9.47 Å². The smallest absolute Gasteiger partial charge is 0.337 e. The van der Waals surface area contributed by atoms with Gasteiger partial charge >= 0.3 is 11.9 Å². The van der Waals surface area contributed by atoms with Crippen molar-refractivity contribution in [2.45, 2.75) is 49.8 Å². The summed E-state index contributed by atoms with van der Waals surface area (Å²) >= 11 is 1.62. The van der Waals surface area contributed by atoms with E-state index in [1.54, 1.807) is 24.0 Å². The second-order valence-corrected chi connectivity index (χ2v) is 10.2. The van der Waals surface area contributed by atoms with Crippen LogP contribution in [0.1, 0.15) is 60.9 Å². The number of piperidine rings is 1. The number of carboxylic acids is 1. The number of pyridine rings is 1. The fraction of sp³-hybridized carbons (Fsp3) is 0.519. The van der Waals surface area contributed by atoms with Gasteiger partial charge in [0.05, 0.1) is 30.9 Å². The fourth-order valence-electron chi connectivity index (χ4n) is 4.81. The Morgan fingerprint density at radius 1 is 1.17 bits per heavy atom. The molecule has 0 spiro atoms. The minimum absolute atomic E-state index is 0.149. The summed E-state index contributed by atoms with van der Waals surface area (Å²) in [5.74, 6) is 0.622. The molecule has 8 heteroatoms. The highest BCUT2D eigenvalue weighted by atomic mass is 32.2. The van der Waals surface area contributed by atoms with Gasteiger partial charge < -0.3 is 19.5 Å². The molecule has 1 aromatic heterocycles. The normalized spacial score (nSPS) is 17.1. The molecule has 0 bridgehead atoms. The minimum atomic E-state index is -0.892. The third-order valence-corrected chi connectivity index (χ3v) is 7.65. The van der Waals surface area contributed by atoms with Gasteiger partial charge in [-0.25, -0.2) is 9.78 Å². The summed E-state index contributed by atoms with van der Waals surface area (Å²) in [6.07, 6.45) is 8.30.